The van der Waals surface area contributed by atoms with Gasteiger partial charge in [-0.3, -0.25) is 14.9 Å². The average Bonchev–Trinajstić information content (AvgIpc) is 2.76. The molecule has 0 aliphatic rings. The molecule has 6 nitrogen and oxygen atoms in total. The van der Waals surface area contributed by atoms with E-state index in [1.165, 1.54) is 29.9 Å². The standard InChI is InChI=1S/C12H9BrFN3O3/c1-16-6-8(17(19)20)5-11(16)12(18)15-7-2-3-9(13)10(14)4-7/h2-6H,1H3,(H,15,18). The fourth-order valence-electron chi connectivity index (χ4n) is 1.64. The van der Waals surface area contributed by atoms with Gasteiger partial charge in [-0.25, -0.2) is 4.39 Å². The number of nitrogens with zero attached hydrogens (tertiary/aromatic N) is 2. The summed E-state index contributed by atoms with van der Waals surface area (Å²) in [5.74, 6) is -1.07. The van der Waals surface area contributed by atoms with Crippen molar-refractivity contribution in [3.63, 3.8) is 0 Å². The van der Waals surface area contributed by atoms with Gasteiger partial charge < -0.3 is 9.88 Å². The molecule has 1 amide bonds. The van der Waals surface area contributed by atoms with Crippen LogP contribution in [0.3, 0.4) is 0 Å². The molecule has 0 bridgehead atoms. The summed E-state index contributed by atoms with van der Waals surface area (Å²) in [6.45, 7) is 0. The zero-order chi connectivity index (χ0) is 14.9. The number of nitrogens with one attached hydrogen (secondary N) is 1. The Morgan fingerprint density at radius 2 is 2.15 bits per heavy atom. The lowest BCUT2D eigenvalue weighted by Gasteiger charge is -2.06. The van der Waals surface area contributed by atoms with Crippen LogP contribution in [0.5, 0.6) is 0 Å². The largest absolute Gasteiger partial charge is 0.340 e. The quantitative estimate of drug-likeness (QED) is 0.688. The number of carbonyl (C=O) groups is 1. The van der Waals surface area contributed by atoms with E-state index >= 15 is 0 Å². The Balaban J connectivity index is 2.23. The van der Waals surface area contributed by atoms with Gasteiger partial charge in [0.25, 0.3) is 11.6 Å². The summed E-state index contributed by atoms with van der Waals surface area (Å²) in [6, 6.07) is 5.28. The Kier molecular flexibility index (Phi) is 3.84. The highest BCUT2D eigenvalue weighted by Gasteiger charge is 2.17. The Hall–Kier alpha value is -2.22. The van der Waals surface area contributed by atoms with E-state index in [9.17, 15) is 19.3 Å². The minimum Gasteiger partial charge on any atom is -0.340 e. The van der Waals surface area contributed by atoms with Crippen molar-refractivity contribution < 1.29 is 14.1 Å². The van der Waals surface area contributed by atoms with Crippen LogP contribution in [-0.2, 0) is 7.05 Å². The van der Waals surface area contributed by atoms with E-state index in [0.29, 0.717) is 0 Å². The van der Waals surface area contributed by atoms with Crippen molar-refractivity contribution in [2.24, 2.45) is 7.05 Å². The Morgan fingerprint density at radius 1 is 1.45 bits per heavy atom. The molecule has 0 aliphatic heterocycles. The van der Waals surface area contributed by atoms with Crippen molar-refractivity contribution in [2.45, 2.75) is 0 Å². The van der Waals surface area contributed by atoms with Gasteiger partial charge in [0, 0.05) is 18.8 Å². The summed E-state index contributed by atoms with van der Waals surface area (Å²) in [5.41, 5.74) is 0.194. The molecule has 2 rings (SSSR count). The molecule has 0 atom stereocenters. The molecular weight excluding hydrogens is 333 g/mol. The fourth-order valence-corrected chi connectivity index (χ4v) is 1.89. The summed E-state index contributed by atoms with van der Waals surface area (Å²) in [6.07, 6.45) is 1.23. The number of nitro groups is 1. The summed E-state index contributed by atoms with van der Waals surface area (Å²) in [4.78, 5) is 22.0. The zero-order valence-corrected chi connectivity index (χ0v) is 11.8. The van der Waals surface area contributed by atoms with Crippen LogP contribution in [0.4, 0.5) is 15.8 Å². The number of aryl methyl sites for hydroxylation is 1. The van der Waals surface area contributed by atoms with Gasteiger partial charge in [-0.1, -0.05) is 0 Å². The third-order valence-corrected chi connectivity index (χ3v) is 3.25. The second-order valence-corrected chi connectivity index (χ2v) is 4.89. The normalized spacial score (nSPS) is 10.3. The van der Waals surface area contributed by atoms with Crippen molar-refractivity contribution in [1.29, 1.82) is 0 Å². The molecule has 0 saturated heterocycles. The number of anilines is 1. The van der Waals surface area contributed by atoms with E-state index < -0.39 is 16.6 Å². The van der Waals surface area contributed by atoms with E-state index in [2.05, 4.69) is 21.2 Å². The third-order valence-electron chi connectivity index (χ3n) is 2.61. The second kappa shape index (κ2) is 5.41. The molecule has 1 aromatic heterocycles. The number of benzene rings is 1. The SMILES string of the molecule is Cn1cc([N+](=O)[O-])cc1C(=O)Nc1ccc(Br)c(F)c1. The Morgan fingerprint density at radius 3 is 2.70 bits per heavy atom. The summed E-state index contributed by atoms with van der Waals surface area (Å²) < 4.78 is 14.9. The summed E-state index contributed by atoms with van der Waals surface area (Å²) >= 11 is 3.00. The Bertz CT molecular complexity index is 699. The monoisotopic (exact) mass is 341 g/mol. The van der Waals surface area contributed by atoms with Crippen molar-refractivity contribution in [2.75, 3.05) is 5.32 Å². The van der Waals surface area contributed by atoms with Gasteiger partial charge in [-0.15, -0.1) is 0 Å². The molecule has 1 N–H and O–H groups in total. The minimum atomic E-state index is -0.587. The van der Waals surface area contributed by atoms with E-state index in [0.717, 1.165) is 12.1 Å². The van der Waals surface area contributed by atoms with Crippen molar-refractivity contribution >= 4 is 33.2 Å². The van der Waals surface area contributed by atoms with Crippen LogP contribution in [0.2, 0.25) is 0 Å². The van der Waals surface area contributed by atoms with E-state index in [4.69, 9.17) is 0 Å². The topological polar surface area (TPSA) is 77.2 Å². The van der Waals surface area contributed by atoms with Crippen LogP contribution in [0.15, 0.2) is 34.9 Å². The molecule has 1 aromatic carbocycles. The van der Waals surface area contributed by atoms with E-state index in [1.807, 2.05) is 0 Å². The lowest BCUT2D eigenvalue weighted by molar-refractivity contribution is -0.384. The maximum absolute atomic E-state index is 13.3. The molecule has 0 fully saturated rings. The fraction of sp³-hybridized carbons (Fsp3) is 0.0833. The first-order valence-corrected chi connectivity index (χ1v) is 6.25. The zero-order valence-electron chi connectivity index (χ0n) is 10.3. The van der Waals surface area contributed by atoms with Gasteiger partial charge >= 0.3 is 0 Å². The molecule has 0 saturated carbocycles. The maximum Gasteiger partial charge on any atom is 0.287 e. The molecule has 1 heterocycles. The molecule has 0 aliphatic carbocycles. The number of carbonyl (C=O) groups excluding carboxylic acids is 1. The molecule has 8 heteroatoms. The number of halogens is 2. The number of rotatable bonds is 3. The molecule has 20 heavy (non-hydrogen) atoms. The molecule has 104 valence electrons. The minimum absolute atomic E-state index is 0.111. The summed E-state index contributed by atoms with van der Waals surface area (Å²) in [7, 11) is 1.52. The molecule has 0 unspecified atom stereocenters. The van der Waals surface area contributed by atoms with E-state index in [-0.39, 0.29) is 21.5 Å². The number of hydrogen-bond donors (Lipinski definition) is 1. The van der Waals surface area contributed by atoms with Crippen molar-refractivity contribution in [3.05, 3.63) is 56.6 Å². The van der Waals surface area contributed by atoms with Gasteiger partial charge in [0.2, 0.25) is 0 Å². The van der Waals surface area contributed by atoms with Crippen LogP contribution in [0, 0.1) is 15.9 Å². The molecular formula is C12H9BrFN3O3. The third kappa shape index (κ3) is 2.85. The van der Waals surface area contributed by atoms with Crippen molar-refractivity contribution in [1.82, 2.24) is 4.57 Å². The molecule has 2 aromatic rings. The van der Waals surface area contributed by atoms with Gasteiger partial charge in [0.1, 0.15) is 11.5 Å². The predicted octanol–water partition coefficient (Wildman–Crippen LogP) is 3.09. The first-order valence-electron chi connectivity index (χ1n) is 5.45. The number of amides is 1. The average molecular weight is 342 g/mol. The van der Waals surface area contributed by atoms with Gasteiger partial charge in [-0.05, 0) is 34.1 Å². The lowest BCUT2D eigenvalue weighted by Crippen LogP contribution is -2.15. The van der Waals surface area contributed by atoms with Crippen molar-refractivity contribution in [3.8, 4) is 0 Å². The first kappa shape index (κ1) is 14.2. The highest BCUT2D eigenvalue weighted by molar-refractivity contribution is 9.10. The number of hydrogen-bond acceptors (Lipinski definition) is 3. The molecule has 0 spiro atoms. The number of aromatic nitrogens is 1. The van der Waals surface area contributed by atoms with Crippen LogP contribution < -0.4 is 5.32 Å². The van der Waals surface area contributed by atoms with Crippen LogP contribution in [0.1, 0.15) is 10.5 Å². The van der Waals surface area contributed by atoms with Crippen LogP contribution in [-0.4, -0.2) is 15.4 Å². The summed E-state index contributed by atoms with van der Waals surface area (Å²) in [5, 5.41) is 13.1. The Labute approximate surface area is 121 Å². The highest BCUT2D eigenvalue weighted by Crippen LogP contribution is 2.21. The lowest BCUT2D eigenvalue weighted by atomic mass is 10.3. The second-order valence-electron chi connectivity index (χ2n) is 4.03. The van der Waals surface area contributed by atoms with Gasteiger partial charge in [0.15, 0.2) is 0 Å². The van der Waals surface area contributed by atoms with Gasteiger partial charge in [-0.2, -0.15) is 0 Å². The molecule has 0 radical (unpaired) electrons. The van der Waals surface area contributed by atoms with Crippen LogP contribution in [0.25, 0.3) is 0 Å². The van der Waals surface area contributed by atoms with Gasteiger partial charge in [0.05, 0.1) is 15.6 Å². The smallest absolute Gasteiger partial charge is 0.287 e. The maximum atomic E-state index is 13.3. The van der Waals surface area contributed by atoms with E-state index in [1.54, 1.807) is 0 Å². The van der Waals surface area contributed by atoms with Crippen LogP contribution >= 0.6 is 15.9 Å². The highest BCUT2D eigenvalue weighted by atomic mass is 79.9. The predicted molar refractivity (Wildman–Crippen MR) is 74.1 cm³/mol. The first-order chi connectivity index (χ1) is 9.38.